The van der Waals surface area contributed by atoms with Crippen LogP contribution in [0, 0.1) is 0 Å². The fraction of sp³-hybridized carbons (Fsp3) is 0.538. The molecule has 1 aromatic heterocycles. The Morgan fingerprint density at radius 1 is 1.15 bits per heavy atom. The molecule has 1 aromatic carbocycles. The first kappa shape index (κ1) is 24.5. The molecule has 7 nitrogen and oxygen atoms in total. The van der Waals surface area contributed by atoms with Crippen molar-refractivity contribution in [3.8, 4) is 11.5 Å². The molecular weight excluding hydrogens is 452 g/mol. The van der Waals surface area contributed by atoms with Crippen LogP contribution in [0.3, 0.4) is 0 Å². The molecule has 0 bridgehead atoms. The maximum absolute atomic E-state index is 13.8. The summed E-state index contributed by atoms with van der Waals surface area (Å²) in [6.07, 6.45) is 5.24. The number of carbonyl (C=O) groups is 2. The summed E-state index contributed by atoms with van der Waals surface area (Å²) in [5, 5.41) is 5.17. The summed E-state index contributed by atoms with van der Waals surface area (Å²) in [6, 6.07) is 10.6. The van der Waals surface area contributed by atoms with Crippen LogP contribution in [0.4, 0.5) is 0 Å². The van der Waals surface area contributed by atoms with Gasteiger partial charge in [0.25, 0.3) is 5.91 Å². The number of benzene rings is 1. The van der Waals surface area contributed by atoms with Crippen LogP contribution in [0.15, 0.2) is 41.8 Å². The van der Waals surface area contributed by atoms with Crippen LogP contribution >= 0.6 is 11.3 Å². The van der Waals surface area contributed by atoms with Gasteiger partial charge in [-0.2, -0.15) is 0 Å². The highest BCUT2D eigenvalue weighted by molar-refractivity contribution is 7.10. The smallest absolute Gasteiger partial charge is 0.268 e. The van der Waals surface area contributed by atoms with Gasteiger partial charge < -0.3 is 24.4 Å². The zero-order valence-corrected chi connectivity index (χ0v) is 20.6. The van der Waals surface area contributed by atoms with Crippen LogP contribution in [0.2, 0.25) is 0 Å². The molecule has 8 heteroatoms. The Kier molecular flexibility index (Phi) is 8.82. The van der Waals surface area contributed by atoms with E-state index in [-0.39, 0.29) is 24.5 Å². The monoisotopic (exact) mass is 486 g/mol. The summed E-state index contributed by atoms with van der Waals surface area (Å²) in [7, 11) is 0. The third kappa shape index (κ3) is 6.10. The number of thiophene rings is 1. The van der Waals surface area contributed by atoms with Crippen LogP contribution in [-0.2, 0) is 14.3 Å². The molecule has 0 spiro atoms. The summed E-state index contributed by atoms with van der Waals surface area (Å²) in [5.74, 6) is 0.791. The number of rotatable bonds is 10. The third-order valence-corrected chi connectivity index (χ3v) is 7.21. The van der Waals surface area contributed by atoms with Crippen molar-refractivity contribution in [2.24, 2.45) is 0 Å². The largest absolute Gasteiger partial charge is 0.485 e. The van der Waals surface area contributed by atoms with Gasteiger partial charge in [0.1, 0.15) is 12.6 Å². The first-order valence-electron chi connectivity index (χ1n) is 12.3. The van der Waals surface area contributed by atoms with Gasteiger partial charge in [0.2, 0.25) is 12.0 Å². The lowest BCUT2D eigenvalue weighted by Gasteiger charge is -2.35. The van der Waals surface area contributed by atoms with Crippen molar-refractivity contribution in [3.05, 3.63) is 46.7 Å². The van der Waals surface area contributed by atoms with Crippen molar-refractivity contribution in [1.82, 2.24) is 10.2 Å². The van der Waals surface area contributed by atoms with E-state index in [2.05, 4.69) is 5.32 Å². The van der Waals surface area contributed by atoms with Crippen LogP contribution < -0.4 is 14.8 Å². The third-order valence-electron chi connectivity index (χ3n) is 6.28. The standard InChI is InChI=1S/C26H34N2O5S/c1-2-31-16-9-15-28(26(30)22-18-32-20-12-6-7-13-21(20)33-22)24(23-14-8-17-34-23)25(29)27-19-10-4-3-5-11-19/h6-8,12-14,17,19,22,24H,2-5,9-11,15-16,18H2,1H3,(H,27,29). The average Bonchev–Trinajstić information content (AvgIpc) is 3.40. The van der Waals surface area contributed by atoms with Gasteiger partial charge in [-0.1, -0.05) is 37.5 Å². The molecule has 34 heavy (non-hydrogen) atoms. The van der Waals surface area contributed by atoms with E-state index in [9.17, 15) is 9.59 Å². The van der Waals surface area contributed by atoms with E-state index in [1.807, 2.05) is 42.6 Å². The number of carbonyl (C=O) groups excluding carboxylic acids is 2. The van der Waals surface area contributed by atoms with E-state index in [4.69, 9.17) is 14.2 Å². The lowest BCUT2D eigenvalue weighted by molar-refractivity contribution is -0.148. The number of hydrogen-bond donors (Lipinski definition) is 1. The van der Waals surface area contributed by atoms with Gasteiger partial charge >= 0.3 is 0 Å². The van der Waals surface area contributed by atoms with Crippen LogP contribution in [0.1, 0.15) is 56.4 Å². The first-order chi connectivity index (χ1) is 16.7. The number of fused-ring (bicyclic) bond motifs is 1. The van der Waals surface area contributed by atoms with E-state index in [0.29, 0.717) is 37.7 Å². The molecule has 4 rings (SSSR count). The minimum absolute atomic E-state index is 0.110. The Hall–Kier alpha value is -2.58. The minimum atomic E-state index is -0.813. The Morgan fingerprint density at radius 2 is 1.94 bits per heavy atom. The average molecular weight is 487 g/mol. The number of ether oxygens (including phenoxy) is 3. The van der Waals surface area contributed by atoms with Gasteiger partial charge in [-0.3, -0.25) is 9.59 Å². The first-order valence-corrected chi connectivity index (χ1v) is 13.2. The zero-order valence-electron chi connectivity index (χ0n) is 19.7. The van der Waals surface area contributed by atoms with E-state index in [0.717, 1.165) is 30.6 Å². The van der Waals surface area contributed by atoms with Gasteiger partial charge in [0, 0.05) is 30.7 Å². The number of hydrogen-bond acceptors (Lipinski definition) is 6. The van der Waals surface area contributed by atoms with Gasteiger partial charge in [-0.15, -0.1) is 11.3 Å². The number of amides is 2. The second-order valence-corrected chi connectivity index (χ2v) is 9.69. The normalized spacial score (nSPS) is 18.8. The maximum Gasteiger partial charge on any atom is 0.268 e. The molecule has 1 saturated carbocycles. The van der Waals surface area contributed by atoms with Crippen molar-refractivity contribution >= 4 is 23.2 Å². The zero-order chi connectivity index (χ0) is 23.8. The molecule has 2 aromatic rings. The predicted molar refractivity (Wildman–Crippen MR) is 131 cm³/mol. The molecule has 2 amide bonds. The number of nitrogens with one attached hydrogen (secondary N) is 1. The van der Waals surface area contributed by atoms with Crippen molar-refractivity contribution < 1.29 is 23.8 Å². The topological polar surface area (TPSA) is 77.1 Å². The predicted octanol–water partition coefficient (Wildman–Crippen LogP) is 4.33. The summed E-state index contributed by atoms with van der Waals surface area (Å²) in [4.78, 5) is 29.9. The summed E-state index contributed by atoms with van der Waals surface area (Å²) >= 11 is 1.49. The van der Waals surface area contributed by atoms with Gasteiger partial charge in [0.15, 0.2) is 11.5 Å². The van der Waals surface area contributed by atoms with E-state index < -0.39 is 12.1 Å². The molecule has 1 aliphatic carbocycles. The molecule has 2 heterocycles. The molecule has 1 N–H and O–H groups in total. The highest BCUT2D eigenvalue weighted by Crippen LogP contribution is 2.33. The van der Waals surface area contributed by atoms with Gasteiger partial charge in [-0.05, 0) is 49.8 Å². The van der Waals surface area contributed by atoms with Crippen molar-refractivity contribution in [3.63, 3.8) is 0 Å². The lowest BCUT2D eigenvalue weighted by atomic mass is 9.95. The number of nitrogens with zero attached hydrogens (tertiary/aromatic N) is 1. The second kappa shape index (κ2) is 12.2. The van der Waals surface area contributed by atoms with Gasteiger partial charge in [-0.25, -0.2) is 0 Å². The van der Waals surface area contributed by atoms with Crippen molar-refractivity contribution in [2.45, 2.75) is 63.6 Å². The molecular formula is C26H34N2O5S. The Morgan fingerprint density at radius 3 is 2.68 bits per heavy atom. The molecule has 1 aliphatic heterocycles. The fourth-order valence-electron chi connectivity index (χ4n) is 4.57. The van der Waals surface area contributed by atoms with Crippen molar-refractivity contribution in [1.29, 1.82) is 0 Å². The van der Waals surface area contributed by atoms with Crippen LogP contribution in [0.5, 0.6) is 11.5 Å². The second-order valence-electron chi connectivity index (χ2n) is 8.71. The molecule has 2 atom stereocenters. The Balaban J connectivity index is 1.56. The Bertz CT molecular complexity index is 929. The molecule has 1 fully saturated rings. The molecule has 0 saturated heterocycles. The quantitative estimate of drug-likeness (QED) is 0.506. The molecule has 2 unspecified atom stereocenters. The van der Waals surface area contributed by atoms with Crippen molar-refractivity contribution in [2.75, 3.05) is 26.4 Å². The van der Waals surface area contributed by atoms with E-state index >= 15 is 0 Å². The highest BCUT2D eigenvalue weighted by Gasteiger charge is 2.38. The summed E-state index contributed by atoms with van der Waals surface area (Å²) in [6.45, 7) is 3.58. The summed E-state index contributed by atoms with van der Waals surface area (Å²) < 4.78 is 17.3. The maximum atomic E-state index is 13.8. The molecule has 0 radical (unpaired) electrons. The number of para-hydroxylation sites is 2. The SMILES string of the molecule is CCOCCCN(C(=O)C1COc2ccccc2O1)C(C(=O)NC1CCCCC1)c1cccs1. The van der Waals surface area contributed by atoms with E-state index in [1.54, 1.807) is 11.0 Å². The highest BCUT2D eigenvalue weighted by atomic mass is 32.1. The van der Waals surface area contributed by atoms with E-state index in [1.165, 1.54) is 17.8 Å². The minimum Gasteiger partial charge on any atom is -0.485 e. The van der Waals surface area contributed by atoms with Crippen LogP contribution in [-0.4, -0.2) is 55.2 Å². The Labute approximate surface area is 205 Å². The fourth-order valence-corrected chi connectivity index (χ4v) is 5.41. The molecule has 184 valence electrons. The molecule has 2 aliphatic rings. The van der Waals surface area contributed by atoms with Crippen LogP contribution in [0.25, 0.3) is 0 Å². The summed E-state index contributed by atoms with van der Waals surface area (Å²) in [5.41, 5.74) is 0. The van der Waals surface area contributed by atoms with Gasteiger partial charge in [0.05, 0.1) is 0 Å². The lowest BCUT2D eigenvalue weighted by Crippen LogP contribution is -2.52.